The summed E-state index contributed by atoms with van der Waals surface area (Å²) in [7, 11) is 0. The van der Waals surface area contributed by atoms with Crippen LogP contribution in [0, 0.1) is 0 Å². The lowest BCUT2D eigenvalue weighted by atomic mass is 10.2. The Hall–Kier alpha value is -0.0300. The quantitative estimate of drug-likeness (QED) is 0.711. The molecule has 0 aliphatic carbocycles. The van der Waals surface area contributed by atoms with Crippen molar-refractivity contribution in [3.63, 3.8) is 0 Å². The van der Waals surface area contributed by atoms with Gasteiger partial charge < -0.3 is 9.64 Å². The predicted molar refractivity (Wildman–Crippen MR) is 71.9 cm³/mol. The second-order valence-corrected chi connectivity index (χ2v) is 7.61. The molecule has 1 rings (SSSR count). The van der Waals surface area contributed by atoms with E-state index in [1.807, 2.05) is 26.8 Å². The number of likely N-dealkylation sites (tertiary alicyclic amines) is 1. The van der Waals surface area contributed by atoms with Crippen molar-refractivity contribution in [1.29, 1.82) is 0 Å². The molecule has 0 unspecified atom stereocenters. The number of halogens is 2. The zero-order chi connectivity index (χ0) is 12.3. The molecule has 0 spiro atoms. The van der Waals surface area contributed by atoms with Crippen LogP contribution in [0.15, 0.2) is 9.47 Å². The van der Waals surface area contributed by atoms with Crippen LogP contribution in [-0.2, 0) is 4.74 Å². The summed E-state index contributed by atoms with van der Waals surface area (Å²) in [5.74, 6) is 0. The van der Waals surface area contributed by atoms with Crippen molar-refractivity contribution < 1.29 is 9.53 Å². The van der Waals surface area contributed by atoms with Gasteiger partial charge in [0.2, 0.25) is 0 Å². The smallest absolute Gasteiger partial charge is 0.410 e. The Bertz CT molecular complexity index is 293. The van der Waals surface area contributed by atoms with Crippen LogP contribution in [0.1, 0.15) is 33.6 Å². The fourth-order valence-corrected chi connectivity index (χ4v) is 2.27. The number of amides is 1. The maximum Gasteiger partial charge on any atom is 0.410 e. The lowest BCUT2D eigenvalue weighted by molar-refractivity contribution is 0.0256. The van der Waals surface area contributed by atoms with Crippen LogP contribution in [0.2, 0.25) is 0 Å². The molecule has 1 aliphatic heterocycles. The minimum atomic E-state index is -0.431. The van der Waals surface area contributed by atoms with E-state index in [9.17, 15) is 4.79 Å². The molecule has 1 aliphatic rings. The summed E-state index contributed by atoms with van der Waals surface area (Å²) in [5, 5.41) is 0. The molecule has 0 N–H and O–H groups in total. The summed E-state index contributed by atoms with van der Waals surface area (Å²) in [5.41, 5.74) is -0.431. The average Bonchev–Trinajstić information content (AvgIpc) is 2.47. The molecule has 0 radical (unpaired) electrons. The molecule has 5 heteroatoms. The normalized spacial score (nSPS) is 20.8. The summed E-state index contributed by atoms with van der Waals surface area (Å²) in [6.45, 7) is 6.41. The maximum atomic E-state index is 11.9. The Balaban J connectivity index is 2.65. The molecule has 1 amide bonds. The van der Waals surface area contributed by atoms with Crippen molar-refractivity contribution in [2.75, 3.05) is 6.54 Å². The van der Waals surface area contributed by atoms with Gasteiger partial charge >= 0.3 is 6.09 Å². The summed E-state index contributed by atoms with van der Waals surface area (Å²) in [4.78, 5) is 13.7. The monoisotopic (exact) mass is 353 g/mol. The summed E-state index contributed by atoms with van der Waals surface area (Å²) in [6.07, 6.45) is 3.76. The van der Waals surface area contributed by atoms with Gasteiger partial charge in [0.25, 0.3) is 0 Å². The number of rotatable bonds is 1. The standard InChI is InChI=1S/C11H17Br2NO2/c1-11(2,3)16-10(15)14-6-4-5-8(14)7-9(12)13/h7-8H,4-6H2,1-3H3/t8-/m1/s1. The van der Waals surface area contributed by atoms with E-state index in [1.165, 1.54) is 0 Å². The minimum absolute atomic E-state index is 0.128. The molecule has 1 fully saturated rings. The van der Waals surface area contributed by atoms with Gasteiger partial charge in [0.05, 0.1) is 9.43 Å². The second kappa shape index (κ2) is 5.54. The van der Waals surface area contributed by atoms with E-state index in [2.05, 4.69) is 31.9 Å². The zero-order valence-corrected chi connectivity index (χ0v) is 13.0. The molecule has 0 aromatic rings. The Morgan fingerprint density at radius 2 is 2.06 bits per heavy atom. The average molecular weight is 355 g/mol. The lowest BCUT2D eigenvalue weighted by Crippen LogP contribution is -2.39. The largest absolute Gasteiger partial charge is 0.444 e. The Kier molecular flexibility index (Phi) is 4.86. The molecule has 3 nitrogen and oxygen atoms in total. The van der Waals surface area contributed by atoms with Crippen LogP contribution in [0.4, 0.5) is 4.79 Å². The van der Waals surface area contributed by atoms with Crippen LogP contribution in [-0.4, -0.2) is 29.2 Å². The van der Waals surface area contributed by atoms with E-state index in [0.29, 0.717) is 0 Å². The van der Waals surface area contributed by atoms with E-state index in [0.717, 1.165) is 22.8 Å². The first-order chi connectivity index (χ1) is 7.29. The number of nitrogens with zero attached hydrogens (tertiary/aromatic N) is 1. The van der Waals surface area contributed by atoms with Crippen LogP contribution < -0.4 is 0 Å². The Labute approximate surface area is 113 Å². The number of hydrogen-bond donors (Lipinski definition) is 0. The molecule has 1 heterocycles. The molecule has 0 saturated carbocycles. The predicted octanol–water partition coefficient (Wildman–Crippen LogP) is 4.02. The van der Waals surface area contributed by atoms with Gasteiger partial charge in [-0.05, 0) is 71.5 Å². The van der Waals surface area contributed by atoms with Crippen molar-refractivity contribution in [2.24, 2.45) is 0 Å². The number of hydrogen-bond acceptors (Lipinski definition) is 2. The molecule has 0 aromatic carbocycles. The van der Waals surface area contributed by atoms with Crippen molar-refractivity contribution in [1.82, 2.24) is 4.90 Å². The molecule has 92 valence electrons. The topological polar surface area (TPSA) is 29.5 Å². The Morgan fingerprint density at radius 3 is 2.56 bits per heavy atom. The fraction of sp³-hybridized carbons (Fsp3) is 0.727. The van der Waals surface area contributed by atoms with Crippen molar-refractivity contribution >= 4 is 38.0 Å². The van der Waals surface area contributed by atoms with Gasteiger partial charge in [-0.2, -0.15) is 0 Å². The van der Waals surface area contributed by atoms with Gasteiger partial charge in [-0.15, -0.1) is 0 Å². The summed E-state index contributed by atoms with van der Waals surface area (Å²) in [6, 6.07) is 0.128. The van der Waals surface area contributed by atoms with E-state index in [-0.39, 0.29) is 12.1 Å². The van der Waals surface area contributed by atoms with E-state index in [1.54, 1.807) is 4.90 Å². The first-order valence-electron chi connectivity index (χ1n) is 5.32. The molecule has 16 heavy (non-hydrogen) atoms. The van der Waals surface area contributed by atoms with Gasteiger partial charge in [-0.1, -0.05) is 0 Å². The van der Waals surface area contributed by atoms with Crippen LogP contribution >= 0.6 is 31.9 Å². The highest BCUT2D eigenvalue weighted by atomic mass is 79.9. The first-order valence-corrected chi connectivity index (χ1v) is 6.90. The lowest BCUT2D eigenvalue weighted by Gasteiger charge is -2.27. The first kappa shape index (κ1) is 14.0. The molecular formula is C11H17Br2NO2. The van der Waals surface area contributed by atoms with E-state index < -0.39 is 5.60 Å². The van der Waals surface area contributed by atoms with Gasteiger partial charge in [0, 0.05) is 6.54 Å². The SMILES string of the molecule is CC(C)(C)OC(=O)N1CCC[C@@H]1C=C(Br)Br. The highest BCUT2D eigenvalue weighted by Gasteiger charge is 2.30. The zero-order valence-electron chi connectivity index (χ0n) is 9.80. The second-order valence-electron chi connectivity index (χ2n) is 4.84. The van der Waals surface area contributed by atoms with Crippen molar-refractivity contribution in [2.45, 2.75) is 45.3 Å². The third-order valence-electron chi connectivity index (χ3n) is 2.25. The van der Waals surface area contributed by atoms with Crippen molar-refractivity contribution in [3.05, 3.63) is 9.47 Å². The van der Waals surface area contributed by atoms with Crippen LogP contribution in [0.25, 0.3) is 0 Å². The van der Waals surface area contributed by atoms with Gasteiger partial charge in [-0.3, -0.25) is 0 Å². The van der Waals surface area contributed by atoms with Gasteiger partial charge in [0.15, 0.2) is 0 Å². The number of carbonyl (C=O) groups excluding carboxylic acids is 1. The fourth-order valence-electron chi connectivity index (χ4n) is 1.66. The number of ether oxygens (including phenoxy) is 1. The third-order valence-corrected chi connectivity index (χ3v) is 2.77. The van der Waals surface area contributed by atoms with Crippen LogP contribution in [0.3, 0.4) is 0 Å². The van der Waals surface area contributed by atoms with E-state index in [4.69, 9.17) is 4.74 Å². The van der Waals surface area contributed by atoms with Crippen molar-refractivity contribution in [3.8, 4) is 0 Å². The Morgan fingerprint density at radius 1 is 1.44 bits per heavy atom. The highest BCUT2D eigenvalue weighted by molar-refractivity contribution is 9.28. The molecule has 1 atom stereocenters. The summed E-state index contributed by atoms with van der Waals surface area (Å²) < 4.78 is 6.24. The van der Waals surface area contributed by atoms with Gasteiger partial charge in [0.1, 0.15) is 5.60 Å². The molecule has 0 bridgehead atoms. The van der Waals surface area contributed by atoms with E-state index >= 15 is 0 Å². The number of carbonyl (C=O) groups is 1. The van der Waals surface area contributed by atoms with Crippen LogP contribution in [0.5, 0.6) is 0 Å². The maximum absolute atomic E-state index is 11.9. The molecular weight excluding hydrogens is 338 g/mol. The summed E-state index contributed by atoms with van der Waals surface area (Å²) >= 11 is 6.64. The third kappa shape index (κ3) is 4.45. The highest BCUT2D eigenvalue weighted by Crippen LogP contribution is 2.25. The molecule has 0 aromatic heterocycles. The van der Waals surface area contributed by atoms with Gasteiger partial charge in [-0.25, -0.2) is 4.79 Å². The molecule has 1 saturated heterocycles. The minimum Gasteiger partial charge on any atom is -0.444 e.